The van der Waals surface area contributed by atoms with E-state index in [0.29, 0.717) is 13.0 Å². The van der Waals surface area contributed by atoms with Gasteiger partial charge in [0.1, 0.15) is 11.6 Å². The van der Waals surface area contributed by atoms with Crippen molar-refractivity contribution in [2.75, 3.05) is 23.0 Å². The quantitative estimate of drug-likeness (QED) is 0.819. The Hall–Kier alpha value is -1.96. The van der Waals surface area contributed by atoms with Gasteiger partial charge in [0.25, 0.3) is 0 Å². The minimum atomic E-state index is -2.95. The highest BCUT2D eigenvalue weighted by molar-refractivity contribution is 7.91. The maximum atomic E-state index is 13.3. The van der Waals surface area contributed by atoms with E-state index in [0.717, 1.165) is 35.9 Å². The van der Waals surface area contributed by atoms with Gasteiger partial charge in [0.05, 0.1) is 11.5 Å². The molecule has 128 valence electrons. The third-order valence-corrected chi connectivity index (χ3v) is 6.71. The zero-order valence-electron chi connectivity index (χ0n) is 13.4. The van der Waals surface area contributed by atoms with Crippen LogP contribution >= 0.6 is 0 Å². The van der Waals surface area contributed by atoms with E-state index in [9.17, 15) is 12.8 Å². The molecule has 2 aliphatic heterocycles. The van der Waals surface area contributed by atoms with Crippen LogP contribution in [0.5, 0.6) is 0 Å². The van der Waals surface area contributed by atoms with Crippen LogP contribution < -0.4 is 4.90 Å². The topological polar surface area (TPSA) is 68.1 Å². The van der Waals surface area contributed by atoms with Gasteiger partial charge in [0.15, 0.2) is 9.84 Å². The van der Waals surface area contributed by atoms with Crippen LogP contribution in [0.4, 0.5) is 10.3 Å². The van der Waals surface area contributed by atoms with E-state index in [4.69, 9.17) is 0 Å². The molecule has 8 heteroatoms. The highest BCUT2D eigenvalue weighted by Gasteiger charge is 2.33. The van der Waals surface area contributed by atoms with Crippen LogP contribution in [0.3, 0.4) is 0 Å². The van der Waals surface area contributed by atoms with Crippen molar-refractivity contribution in [3.05, 3.63) is 41.0 Å². The van der Waals surface area contributed by atoms with Crippen LogP contribution in [-0.2, 0) is 29.9 Å². The number of halogens is 1. The third-order valence-electron chi connectivity index (χ3n) is 4.95. The maximum Gasteiger partial charge on any atom is 0.227 e. The first-order chi connectivity index (χ1) is 11.4. The summed E-state index contributed by atoms with van der Waals surface area (Å²) < 4.78 is 38.6. The molecule has 1 fully saturated rings. The Morgan fingerprint density at radius 3 is 2.83 bits per heavy atom. The molecule has 0 saturated carbocycles. The van der Waals surface area contributed by atoms with Gasteiger partial charge in [-0.05, 0) is 36.1 Å². The Kier molecular flexibility index (Phi) is 3.59. The highest BCUT2D eigenvalue weighted by Crippen LogP contribution is 2.30. The van der Waals surface area contributed by atoms with E-state index in [-0.39, 0.29) is 23.2 Å². The molecule has 1 aromatic heterocycles. The summed E-state index contributed by atoms with van der Waals surface area (Å²) in [4.78, 5) is 2.11. The average Bonchev–Trinajstić information content (AvgIpc) is 3.09. The van der Waals surface area contributed by atoms with Gasteiger partial charge < -0.3 is 9.47 Å². The summed E-state index contributed by atoms with van der Waals surface area (Å²) in [6.07, 6.45) is 1.36. The molecule has 1 atom stereocenters. The molecular weight excluding hydrogens is 331 g/mol. The molecule has 3 heterocycles. The molecular formula is C16H19FN4O2S. The lowest BCUT2D eigenvalue weighted by molar-refractivity contribution is 0.599. The smallest absolute Gasteiger partial charge is 0.227 e. The molecule has 24 heavy (non-hydrogen) atoms. The van der Waals surface area contributed by atoms with E-state index >= 15 is 0 Å². The number of sulfone groups is 1. The molecule has 0 radical (unpaired) electrons. The molecule has 1 unspecified atom stereocenters. The summed E-state index contributed by atoms with van der Waals surface area (Å²) in [6.45, 7) is 1.40. The number of nitrogens with zero attached hydrogens (tertiary/aromatic N) is 4. The van der Waals surface area contributed by atoms with Gasteiger partial charge in [-0.2, -0.15) is 0 Å². The van der Waals surface area contributed by atoms with Gasteiger partial charge in [-0.15, -0.1) is 10.2 Å². The first-order valence-electron chi connectivity index (χ1n) is 8.05. The van der Waals surface area contributed by atoms with Crippen LogP contribution in [0.25, 0.3) is 0 Å². The Morgan fingerprint density at radius 2 is 2.08 bits per heavy atom. The molecule has 0 spiro atoms. The molecule has 4 rings (SSSR count). The second-order valence-electron chi connectivity index (χ2n) is 6.60. The van der Waals surface area contributed by atoms with Gasteiger partial charge in [-0.3, -0.25) is 0 Å². The fourth-order valence-electron chi connectivity index (χ4n) is 3.65. The molecule has 2 aromatic rings. The van der Waals surface area contributed by atoms with Crippen LogP contribution in [-0.4, -0.2) is 41.2 Å². The van der Waals surface area contributed by atoms with Gasteiger partial charge in [0.2, 0.25) is 5.95 Å². The van der Waals surface area contributed by atoms with Crippen LogP contribution in [0.1, 0.15) is 29.3 Å². The Labute approximate surface area is 140 Å². The summed E-state index contributed by atoms with van der Waals surface area (Å²) in [7, 11) is -1.07. The molecule has 0 amide bonds. The summed E-state index contributed by atoms with van der Waals surface area (Å²) in [6, 6.07) is 4.89. The zero-order valence-corrected chi connectivity index (χ0v) is 14.3. The predicted molar refractivity (Wildman–Crippen MR) is 88.2 cm³/mol. The number of benzene rings is 1. The molecule has 6 nitrogen and oxygen atoms in total. The number of hydrogen-bond donors (Lipinski definition) is 0. The number of hydrogen-bond acceptors (Lipinski definition) is 5. The van der Waals surface area contributed by atoms with Crippen LogP contribution in [0.2, 0.25) is 0 Å². The molecule has 1 aromatic carbocycles. The Bertz CT molecular complexity index is 893. The zero-order chi connectivity index (χ0) is 16.9. The first-order valence-corrected chi connectivity index (χ1v) is 9.87. The van der Waals surface area contributed by atoms with Crippen LogP contribution in [0, 0.1) is 5.82 Å². The van der Waals surface area contributed by atoms with Crippen molar-refractivity contribution in [3.63, 3.8) is 0 Å². The lowest BCUT2D eigenvalue weighted by Gasteiger charge is -2.29. The minimum absolute atomic E-state index is 0.0765. The van der Waals surface area contributed by atoms with Crippen molar-refractivity contribution in [1.29, 1.82) is 0 Å². The summed E-state index contributed by atoms with van der Waals surface area (Å²) in [5.74, 6) is 1.57. The van der Waals surface area contributed by atoms with Crippen molar-refractivity contribution in [1.82, 2.24) is 14.8 Å². The molecule has 0 N–H and O–H groups in total. The standard InChI is InChI=1S/C16H19FN4O2S/c1-20-15(13-5-7-24(22,23)10-13)18-19-16(20)21-6-4-11-8-14(17)3-2-12(11)9-21/h2-3,8,13H,4-7,9-10H2,1H3. The van der Waals surface area contributed by atoms with Crippen molar-refractivity contribution in [3.8, 4) is 0 Å². The van der Waals surface area contributed by atoms with Crippen molar-refractivity contribution < 1.29 is 12.8 Å². The SMILES string of the molecule is Cn1c(C2CCS(=O)(=O)C2)nnc1N1CCc2cc(F)ccc2C1. The fraction of sp³-hybridized carbons (Fsp3) is 0.500. The summed E-state index contributed by atoms with van der Waals surface area (Å²) >= 11 is 0. The molecule has 0 bridgehead atoms. The van der Waals surface area contributed by atoms with E-state index in [1.807, 2.05) is 17.7 Å². The second-order valence-corrected chi connectivity index (χ2v) is 8.83. The van der Waals surface area contributed by atoms with E-state index < -0.39 is 9.84 Å². The van der Waals surface area contributed by atoms with Gasteiger partial charge in [-0.1, -0.05) is 6.07 Å². The molecule has 0 aliphatic carbocycles. The lowest BCUT2D eigenvalue weighted by atomic mass is 10.00. The lowest BCUT2D eigenvalue weighted by Crippen LogP contribution is -2.32. The largest absolute Gasteiger partial charge is 0.336 e. The summed E-state index contributed by atoms with van der Waals surface area (Å²) in [5.41, 5.74) is 2.13. The molecule has 1 saturated heterocycles. The van der Waals surface area contributed by atoms with Crippen molar-refractivity contribution >= 4 is 15.8 Å². The first kappa shape index (κ1) is 15.6. The number of fused-ring (bicyclic) bond motifs is 1. The third kappa shape index (κ3) is 2.68. The second kappa shape index (κ2) is 5.54. The monoisotopic (exact) mass is 350 g/mol. The van der Waals surface area contributed by atoms with Crippen LogP contribution in [0.15, 0.2) is 18.2 Å². The number of aromatic nitrogens is 3. The van der Waals surface area contributed by atoms with Gasteiger partial charge in [-0.25, -0.2) is 12.8 Å². The fourth-order valence-corrected chi connectivity index (χ4v) is 5.39. The maximum absolute atomic E-state index is 13.3. The van der Waals surface area contributed by atoms with E-state index in [1.165, 1.54) is 6.07 Å². The predicted octanol–water partition coefficient (Wildman–Crippen LogP) is 1.42. The summed E-state index contributed by atoms with van der Waals surface area (Å²) in [5, 5.41) is 8.55. The van der Waals surface area contributed by atoms with Crippen molar-refractivity contribution in [2.24, 2.45) is 7.05 Å². The van der Waals surface area contributed by atoms with E-state index in [1.54, 1.807) is 6.07 Å². The molecule has 2 aliphatic rings. The van der Waals surface area contributed by atoms with Gasteiger partial charge in [0, 0.05) is 26.1 Å². The number of rotatable bonds is 2. The Morgan fingerprint density at radius 1 is 1.25 bits per heavy atom. The number of anilines is 1. The minimum Gasteiger partial charge on any atom is -0.336 e. The van der Waals surface area contributed by atoms with E-state index in [2.05, 4.69) is 15.1 Å². The average molecular weight is 350 g/mol. The Balaban J connectivity index is 1.59. The normalized spacial score (nSPS) is 22.6. The van der Waals surface area contributed by atoms with Crippen molar-refractivity contribution in [2.45, 2.75) is 25.3 Å². The van der Waals surface area contributed by atoms with Gasteiger partial charge >= 0.3 is 0 Å². The highest BCUT2D eigenvalue weighted by atomic mass is 32.2.